The summed E-state index contributed by atoms with van der Waals surface area (Å²) in [6.45, 7) is 0. The number of nitrogens with zero attached hydrogens (tertiary/aromatic N) is 2. The fourth-order valence-electron chi connectivity index (χ4n) is 0.291. The molecule has 0 saturated heterocycles. The van der Waals surface area contributed by atoms with Crippen LogP contribution in [0.25, 0.3) is 0 Å². The molecular weight excluding hydrogens is 207 g/mol. The smallest absolute Gasteiger partial charge is 0.0798 e. The van der Waals surface area contributed by atoms with E-state index in [1.165, 1.54) is 6.20 Å². The van der Waals surface area contributed by atoms with E-state index in [2.05, 4.69) is 27.7 Å². The Kier molecular flexibility index (Phi) is 1.18. The Labute approximate surface area is 54.0 Å². The molecule has 0 saturated carbocycles. The molecule has 0 amide bonds. The lowest BCUT2D eigenvalue weighted by Crippen LogP contribution is -1.86. The van der Waals surface area contributed by atoms with Crippen molar-refractivity contribution in [3.05, 3.63) is 16.0 Å². The molecule has 0 aromatic carbocycles. The molecule has 38 valence electrons. The Morgan fingerprint density at radius 3 is 2.71 bits per heavy atom. The monoisotopic (exact) mass is 210 g/mol. The highest BCUT2D eigenvalue weighted by Gasteiger charge is 1.86. The predicted octanol–water partition coefficient (Wildman–Crippen LogP) is 0.725. The Bertz CT molecular complexity index is 145. The molecule has 0 aliphatic rings. The van der Waals surface area contributed by atoms with Crippen molar-refractivity contribution in [2.24, 2.45) is 0 Å². The molecule has 0 unspecified atom stereocenters. The summed E-state index contributed by atoms with van der Waals surface area (Å²) in [7, 11) is 0. The fraction of sp³-hybridized carbons (Fsp3) is 0. The lowest BCUT2D eigenvalue weighted by molar-refractivity contribution is 0.148. The average molecular weight is 210 g/mol. The summed E-state index contributed by atoms with van der Waals surface area (Å²) < 4.78 is 0.931. The molecular formula is C3H3IN2O. The SMILES string of the molecule is On1cc(I)cn1. The van der Waals surface area contributed by atoms with Crippen LogP contribution in [-0.4, -0.2) is 15.2 Å². The van der Waals surface area contributed by atoms with Crippen molar-refractivity contribution in [2.75, 3.05) is 0 Å². The van der Waals surface area contributed by atoms with Gasteiger partial charge in [0, 0.05) is 0 Å². The average Bonchev–Trinajstić information content (AvgIpc) is 1.87. The summed E-state index contributed by atoms with van der Waals surface area (Å²) in [6, 6.07) is 0. The summed E-state index contributed by atoms with van der Waals surface area (Å²) in [5.74, 6) is 0. The second-order valence-corrected chi connectivity index (χ2v) is 2.32. The van der Waals surface area contributed by atoms with Crippen LogP contribution in [-0.2, 0) is 0 Å². The van der Waals surface area contributed by atoms with Gasteiger partial charge in [0.1, 0.15) is 0 Å². The van der Waals surface area contributed by atoms with Gasteiger partial charge in [-0.25, -0.2) is 0 Å². The van der Waals surface area contributed by atoms with E-state index in [9.17, 15) is 0 Å². The van der Waals surface area contributed by atoms with Crippen molar-refractivity contribution in [3.63, 3.8) is 0 Å². The van der Waals surface area contributed by atoms with E-state index in [0.717, 1.165) is 8.42 Å². The zero-order chi connectivity index (χ0) is 5.28. The van der Waals surface area contributed by atoms with Gasteiger partial charge >= 0.3 is 0 Å². The van der Waals surface area contributed by atoms with Gasteiger partial charge in [-0.1, -0.05) is 0 Å². The van der Waals surface area contributed by atoms with Crippen LogP contribution >= 0.6 is 22.6 Å². The van der Waals surface area contributed by atoms with Gasteiger partial charge in [0.05, 0.1) is 16.0 Å². The number of rotatable bonds is 0. The second kappa shape index (κ2) is 1.69. The van der Waals surface area contributed by atoms with Gasteiger partial charge in [0.2, 0.25) is 0 Å². The highest BCUT2D eigenvalue weighted by Crippen LogP contribution is 1.97. The fourth-order valence-corrected chi connectivity index (χ4v) is 0.665. The van der Waals surface area contributed by atoms with Crippen molar-refractivity contribution in [1.82, 2.24) is 9.94 Å². The molecule has 0 radical (unpaired) electrons. The third kappa shape index (κ3) is 1.05. The summed E-state index contributed by atoms with van der Waals surface area (Å²) in [5.41, 5.74) is 0. The van der Waals surface area contributed by atoms with Crippen molar-refractivity contribution in [1.29, 1.82) is 0 Å². The van der Waals surface area contributed by atoms with Crippen LogP contribution in [0.5, 0.6) is 0 Å². The Hall–Kier alpha value is -0.260. The first-order valence-electron chi connectivity index (χ1n) is 1.68. The van der Waals surface area contributed by atoms with Crippen molar-refractivity contribution >= 4 is 22.6 Å². The minimum atomic E-state index is 0.780. The predicted molar refractivity (Wildman–Crippen MR) is 32.1 cm³/mol. The first-order valence-corrected chi connectivity index (χ1v) is 2.76. The second-order valence-electron chi connectivity index (χ2n) is 1.08. The lowest BCUT2D eigenvalue weighted by atomic mass is 10.8. The van der Waals surface area contributed by atoms with Crippen molar-refractivity contribution in [2.45, 2.75) is 0 Å². The van der Waals surface area contributed by atoms with Crippen LogP contribution in [0.1, 0.15) is 0 Å². The summed E-state index contributed by atoms with van der Waals surface area (Å²) in [5, 5.41) is 11.9. The number of halogens is 1. The van der Waals surface area contributed by atoms with Crippen molar-refractivity contribution < 1.29 is 5.21 Å². The highest BCUT2D eigenvalue weighted by atomic mass is 127. The number of aromatic nitrogens is 2. The van der Waals surface area contributed by atoms with Crippen LogP contribution in [0, 0.1) is 3.57 Å². The third-order valence-corrected chi connectivity index (χ3v) is 1.10. The molecule has 0 aliphatic heterocycles. The van der Waals surface area contributed by atoms with Gasteiger partial charge in [-0.2, -0.15) is 0 Å². The minimum absolute atomic E-state index is 0.780. The normalized spacial score (nSPS) is 9.29. The van der Waals surface area contributed by atoms with Crippen LogP contribution in [0.3, 0.4) is 0 Å². The Balaban J connectivity index is 3.04. The maximum Gasteiger partial charge on any atom is 0.0798 e. The quantitative estimate of drug-likeness (QED) is 0.506. The molecule has 0 spiro atoms. The Morgan fingerprint density at radius 1 is 1.86 bits per heavy atom. The highest BCUT2D eigenvalue weighted by molar-refractivity contribution is 14.1. The van der Waals surface area contributed by atoms with E-state index >= 15 is 0 Å². The molecule has 1 N–H and O–H groups in total. The maximum absolute atomic E-state index is 8.45. The van der Waals surface area contributed by atoms with Crippen LogP contribution < -0.4 is 0 Å². The Morgan fingerprint density at radius 2 is 2.57 bits per heavy atom. The van der Waals surface area contributed by atoms with E-state index in [-0.39, 0.29) is 0 Å². The summed E-state index contributed by atoms with van der Waals surface area (Å²) >= 11 is 2.06. The van der Waals surface area contributed by atoms with E-state index in [4.69, 9.17) is 5.21 Å². The van der Waals surface area contributed by atoms with E-state index in [1.807, 2.05) is 0 Å². The molecule has 1 aromatic rings. The van der Waals surface area contributed by atoms with Crippen LogP contribution in [0.15, 0.2) is 12.4 Å². The molecule has 1 rings (SSSR count). The van der Waals surface area contributed by atoms with Gasteiger partial charge in [-0.3, -0.25) is 0 Å². The molecule has 1 aromatic heterocycles. The van der Waals surface area contributed by atoms with Gasteiger partial charge in [0.15, 0.2) is 0 Å². The largest absolute Gasteiger partial charge is 0.412 e. The topological polar surface area (TPSA) is 38.0 Å². The van der Waals surface area contributed by atoms with Gasteiger partial charge in [-0.05, 0) is 22.6 Å². The van der Waals surface area contributed by atoms with Gasteiger partial charge < -0.3 is 5.21 Å². The molecule has 1 heterocycles. The first kappa shape index (κ1) is 4.89. The molecule has 4 heteroatoms. The lowest BCUT2D eigenvalue weighted by Gasteiger charge is -1.77. The zero-order valence-electron chi connectivity index (χ0n) is 3.37. The van der Waals surface area contributed by atoms with Crippen LogP contribution in [0.4, 0.5) is 0 Å². The van der Waals surface area contributed by atoms with Crippen LogP contribution in [0.2, 0.25) is 0 Å². The van der Waals surface area contributed by atoms with Crippen molar-refractivity contribution in [3.8, 4) is 0 Å². The summed E-state index contributed by atoms with van der Waals surface area (Å²) in [4.78, 5) is 0.780. The minimum Gasteiger partial charge on any atom is -0.412 e. The van der Waals surface area contributed by atoms with E-state index in [1.54, 1.807) is 6.20 Å². The van der Waals surface area contributed by atoms with Gasteiger partial charge in [0.25, 0.3) is 0 Å². The third-order valence-electron chi connectivity index (χ3n) is 0.538. The number of hydrogen-bond acceptors (Lipinski definition) is 2. The molecule has 0 bridgehead atoms. The number of hydrogen-bond donors (Lipinski definition) is 1. The maximum atomic E-state index is 8.45. The molecule has 0 aliphatic carbocycles. The molecule has 0 atom stereocenters. The first-order chi connectivity index (χ1) is 3.29. The van der Waals surface area contributed by atoms with E-state index < -0.39 is 0 Å². The standard InChI is InChI=1S/C3H3IN2O/c4-3-1-5-6(7)2-3/h1-2,7H. The molecule has 7 heavy (non-hydrogen) atoms. The zero-order valence-corrected chi connectivity index (χ0v) is 5.53. The molecule has 0 fully saturated rings. The van der Waals surface area contributed by atoms with E-state index in [0.29, 0.717) is 0 Å². The summed E-state index contributed by atoms with van der Waals surface area (Å²) in [6.07, 6.45) is 3.08. The molecule has 3 nitrogen and oxygen atoms in total. The van der Waals surface area contributed by atoms with Gasteiger partial charge in [-0.15, -0.1) is 9.94 Å².